The fourth-order valence-electron chi connectivity index (χ4n) is 2.51. The number of carbonyl (C=O) groups excluding carboxylic acids is 2. The first-order valence-corrected chi connectivity index (χ1v) is 6.42. The molecule has 0 spiro atoms. The summed E-state index contributed by atoms with van der Waals surface area (Å²) in [5, 5.41) is 8.86. The summed E-state index contributed by atoms with van der Waals surface area (Å²) in [6.07, 6.45) is -6.45. The highest BCUT2D eigenvalue weighted by molar-refractivity contribution is 6.01. The van der Waals surface area contributed by atoms with Gasteiger partial charge in [-0.1, -0.05) is 18.2 Å². The zero-order valence-electron chi connectivity index (χ0n) is 11.3. The molecule has 5 nitrogen and oxygen atoms in total. The number of benzene rings is 1. The number of nitrogens with zero attached hydrogens (tertiary/aromatic N) is 1. The van der Waals surface area contributed by atoms with E-state index in [1.807, 2.05) is 0 Å². The van der Waals surface area contributed by atoms with E-state index < -0.39 is 42.7 Å². The molecule has 1 atom stereocenters. The molecule has 1 N–H and O–H groups in total. The van der Waals surface area contributed by atoms with Gasteiger partial charge in [0.1, 0.15) is 5.78 Å². The molecule has 118 valence electrons. The van der Waals surface area contributed by atoms with Gasteiger partial charge in [-0.15, -0.1) is 0 Å². The predicted molar refractivity (Wildman–Crippen MR) is 69.4 cm³/mol. The highest BCUT2D eigenvalue weighted by atomic mass is 19.4. The number of carboxylic acid groups (broad SMARTS) is 1. The molecule has 8 heteroatoms. The van der Waals surface area contributed by atoms with Crippen molar-refractivity contribution in [1.82, 2.24) is 0 Å². The number of rotatable bonds is 2. The summed E-state index contributed by atoms with van der Waals surface area (Å²) in [6, 6.07) is 4.35. The molecule has 22 heavy (non-hydrogen) atoms. The number of carboxylic acids is 1. The Morgan fingerprint density at radius 2 is 1.91 bits per heavy atom. The molecule has 0 radical (unpaired) electrons. The summed E-state index contributed by atoms with van der Waals surface area (Å²) in [4.78, 5) is 34.9. The van der Waals surface area contributed by atoms with Gasteiger partial charge >= 0.3 is 18.1 Å². The van der Waals surface area contributed by atoms with Crippen LogP contribution < -0.4 is 4.90 Å². The van der Waals surface area contributed by atoms with Crippen molar-refractivity contribution in [3.63, 3.8) is 0 Å². The minimum absolute atomic E-state index is 0.0677. The normalized spacial score (nSPS) is 18.6. The van der Waals surface area contributed by atoms with Gasteiger partial charge in [-0.2, -0.15) is 13.2 Å². The Bertz CT molecular complexity index is 627. The number of hydrogen-bond donors (Lipinski definition) is 1. The number of ketones is 1. The largest absolute Gasteiger partial charge is 0.481 e. The molecule has 1 aliphatic rings. The summed E-state index contributed by atoms with van der Waals surface area (Å²) in [5.74, 6) is -3.95. The minimum Gasteiger partial charge on any atom is -0.481 e. The highest BCUT2D eigenvalue weighted by Gasteiger charge is 2.47. The van der Waals surface area contributed by atoms with Crippen LogP contribution in [0.5, 0.6) is 0 Å². The molecule has 0 saturated heterocycles. The molecule has 1 amide bonds. The molecule has 0 bridgehead atoms. The number of para-hydroxylation sites is 1. The SMILES string of the molecule is O=C(O)CC1CC(=O)Cc2ccccc2N1C(=O)C(F)(F)F. The number of fused-ring (bicyclic) bond motifs is 1. The van der Waals surface area contributed by atoms with Gasteiger partial charge in [-0.05, 0) is 11.6 Å². The van der Waals surface area contributed by atoms with E-state index in [1.54, 1.807) is 6.07 Å². The van der Waals surface area contributed by atoms with Gasteiger partial charge in [0, 0.05) is 18.5 Å². The molecule has 2 rings (SSSR count). The average Bonchev–Trinajstić information content (AvgIpc) is 2.51. The van der Waals surface area contributed by atoms with E-state index in [9.17, 15) is 27.6 Å². The zero-order valence-corrected chi connectivity index (χ0v) is 11.3. The van der Waals surface area contributed by atoms with E-state index in [0.29, 0.717) is 4.90 Å². The van der Waals surface area contributed by atoms with Crippen molar-refractivity contribution in [1.29, 1.82) is 0 Å². The van der Waals surface area contributed by atoms with Crippen molar-refractivity contribution in [3.8, 4) is 0 Å². The Labute approximate surface area is 123 Å². The molecular weight excluding hydrogens is 303 g/mol. The highest BCUT2D eigenvalue weighted by Crippen LogP contribution is 2.33. The lowest BCUT2D eigenvalue weighted by Crippen LogP contribution is -2.48. The number of anilines is 1. The van der Waals surface area contributed by atoms with Gasteiger partial charge < -0.3 is 10.0 Å². The number of carbonyl (C=O) groups is 3. The van der Waals surface area contributed by atoms with Crippen LogP contribution in [0.2, 0.25) is 0 Å². The molecule has 0 aliphatic carbocycles. The molecule has 1 aromatic carbocycles. The lowest BCUT2D eigenvalue weighted by molar-refractivity contribution is -0.171. The molecule has 0 aromatic heterocycles. The van der Waals surface area contributed by atoms with E-state index in [4.69, 9.17) is 5.11 Å². The van der Waals surface area contributed by atoms with Crippen LogP contribution >= 0.6 is 0 Å². The first-order chi connectivity index (χ1) is 10.2. The van der Waals surface area contributed by atoms with E-state index in [1.165, 1.54) is 18.2 Å². The van der Waals surface area contributed by atoms with Crippen LogP contribution in [0.25, 0.3) is 0 Å². The number of hydrogen-bond acceptors (Lipinski definition) is 3. The van der Waals surface area contributed by atoms with Crippen molar-refractivity contribution < 1.29 is 32.7 Å². The third-order valence-electron chi connectivity index (χ3n) is 3.34. The Balaban J connectivity index is 2.55. The second-order valence-corrected chi connectivity index (χ2v) is 4.97. The summed E-state index contributed by atoms with van der Waals surface area (Å²) >= 11 is 0. The van der Waals surface area contributed by atoms with E-state index in [0.717, 1.165) is 0 Å². The molecule has 1 heterocycles. The first-order valence-electron chi connectivity index (χ1n) is 6.42. The second kappa shape index (κ2) is 5.78. The smallest absolute Gasteiger partial charge is 0.471 e. The lowest BCUT2D eigenvalue weighted by Gasteiger charge is -2.30. The van der Waals surface area contributed by atoms with Crippen molar-refractivity contribution in [2.45, 2.75) is 31.5 Å². The number of aliphatic carboxylic acids is 1. The summed E-state index contributed by atoms with van der Waals surface area (Å²) < 4.78 is 38.5. The van der Waals surface area contributed by atoms with Gasteiger partial charge in [-0.25, -0.2) is 0 Å². The maximum atomic E-state index is 12.8. The van der Waals surface area contributed by atoms with Crippen LogP contribution in [0.15, 0.2) is 24.3 Å². The Morgan fingerprint density at radius 3 is 2.50 bits per heavy atom. The number of halogens is 3. The first kappa shape index (κ1) is 16.0. The number of amides is 1. The lowest BCUT2D eigenvalue weighted by atomic mass is 10.0. The molecule has 0 saturated carbocycles. The molecule has 1 aromatic rings. The molecule has 0 fully saturated rings. The van der Waals surface area contributed by atoms with Crippen molar-refractivity contribution in [2.75, 3.05) is 4.90 Å². The quantitative estimate of drug-likeness (QED) is 0.905. The Hall–Kier alpha value is -2.38. The zero-order chi connectivity index (χ0) is 16.5. The van der Waals surface area contributed by atoms with E-state index in [2.05, 4.69) is 0 Å². The summed E-state index contributed by atoms with van der Waals surface area (Å²) in [6.45, 7) is 0. The van der Waals surface area contributed by atoms with E-state index >= 15 is 0 Å². The third-order valence-corrected chi connectivity index (χ3v) is 3.34. The van der Waals surface area contributed by atoms with Gasteiger partial charge in [0.2, 0.25) is 0 Å². The third kappa shape index (κ3) is 3.26. The number of alkyl halides is 3. The van der Waals surface area contributed by atoms with Gasteiger partial charge in [-0.3, -0.25) is 14.4 Å². The van der Waals surface area contributed by atoms with Crippen LogP contribution in [0, 0.1) is 0 Å². The standard InChI is InChI=1S/C14H12F3NO4/c15-14(16,17)13(22)18-9(7-12(20)21)6-10(19)5-8-3-1-2-4-11(8)18/h1-4,9H,5-7H2,(H,20,21). The molecular formula is C14H12F3NO4. The van der Waals surface area contributed by atoms with Crippen LogP contribution in [0.1, 0.15) is 18.4 Å². The molecule has 1 aliphatic heterocycles. The van der Waals surface area contributed by atoms with Crippen LogP contribution in [0.3, 0.4) is 0 Å². The topological polar surface area (TPSA) is 74.7 Å². The number of Topliss-reactive ketones (excluding diaryl/α,β-unsaturated/α-hetero) is 1. The fourth-order valence-corrected chi connectivity index (χ4v) is 2.51. The second-order valence-electron chi connectivity index (χ2n) is 4.97. The maximum Gasteiger partial charge on any atom is 0.471 e. The predicted octanol–water partition coefficient (Wildman–Crippen LogP) is 1.94. The van der Waals surface area contributed by atoms with Crippen molar-refractivity contribution in [2.24, 2.45) is 0 Å². The van der Waals surface area contributed by atoms with Crippen molar-refractivity contribution >= 4 is 23.3 Å². The molecule has 1 unspecified atom stereocenters. The van der Waals surface area contributed by atoms with Crippen LogP contribution in [-0.4, -0.2) is 35.0 Å². The van der Waals surface area contributed by atoms with E-state index in [-0.39, 0.29) is 17.7 Å². The summed E-state index contributed by atoms with van der Waals surface area (Å²) in [5.41, 5.74) is 0.208. The minimum atomic E-state index is -5.16. The maximum absolute atomic E-state index is 12.8. The van der Waals surface area contributed by atoms with Crippen LogP contribution in [-0.2, 0) is 20.8 Å². The average molecular weight is 315 g/mol. The monoisotopic (exact) mass is 315 g/mol. The Kier molecular flexibility index (Phi) is 4.20. The fraction of sp³-hybridized carbons (Fsp3) is 0.357. The van der Waals surface area contributed by atoms with Crippen molar-refractivity contribution in [3.05, 3.63) is 29.8 Å². The van der Waals surface area contributed by atoms with Gasteiger partial charge in [0.25, 0.3) is 0 Å². The Morgan fingerprint density at radius 1 is 1.27 bits per heavy atom. The van der Waals surface area contributed by atoms with Crippen LogP contribution in [0.4, 0.5) is 18.9 Å². The summed E-state index contributed by atoms with van der Waals surface area (Å²) in [7, 11) is 0. The van der Waals surface area contributed by atoms with Gasteiger partial charge in [0.05, 0.1) is 12.5 Å². The van der Waals surface area contributed by atoms with Gasteiger partial charge in [0.15, 0.2) is 0 Å².